The van der Waals surface area contributed by atoms with Gasteiger partial charge in [0.15, 0.2) is 0 Å². The number of carbonyl (C=O) groups is 1. The summed E-state index contributed by atoms with van der Waals surface area (Å²) in [6.45, 7) is 1.78. The van der Waals surface area contributed by atoms with Crippen molar-refractivity contribution in [2.75, 3.05) is 5.32 Å². The first-order chi connectivity index (χ1) is 11.6. The predicted molar refractivity (Wildman–Crippen MR) is 85.6 cm³/mol. The fraction of sp³-hybridized carbons (Fsp3) is 0.176. The minimum Gasteiger partial charge on any atom is -0.339 e. The van der Waals surface area contributed by atoms with E-state index in [1.165, 1.54) is 12.1 Å². The van der Waals surface area contributed by atoms with Gasteiger partial charge in [-0.1, -0.05) is 11.2 Å². The van der Waals surface area contributed by atoms with Crippen molar-refractivity contribution in [3.05, 3.63) is 60.0 Å². The Hall–Kier alpha value is -3.09. The fourth-order valence-electron chi connectivity index (χ4n) is 2.12. The van der Waals surface area contributed by atoms with Crippen molar-refractivity contribution in [1.82, 2.24) is 15.1 Å². The summed E-state index contributed by atoms with van der Waals surface area (Å²) in [5.41, 5.74) is 1.69. The van der Waals surface area contributed by atoms with E-state index in [2.05, 4.69) is 20.4 Å². The Labute approximate surface area is 137 Å². The highest BCUT2D eigenvalue weighted by Crippen LogP contribution is 2.17. The van der Waals surface area contributed by atoms with Crippen molar-refractivity contribution in [3.8, 4) is 11.4 Å². The van der Waals surface area contributed by atoms with Gasteiger partial charge in [0.1, 0.15) is 5.82 Å². The zero-order chi connectivity index (χ0) is 16.9. The lowest BCUT2D eigenvalue weighted by atomic mass is 10.2. The van der Waals surface area contributed by atoms with Gasteiger partial charge in [0.25, 0.3) is 0 Å². The molecular formula is C17H15FN4O2. The van der Waals surface area contributed by atoms with E-state index in [-0.39, 0.29) is 24.4 Å². The first-order valence-electron chi connectivity index (χ1n) is 7.41. The third-order valence-corrected chi connectivity index (χ3v) is 3.35. The maximum atomic E-state index is 13.7. The quantitative estimate of drug-likeness (QED) is 0.779. The van der Waals surface area contributed by atoms with Crippen LogP contribution in [-0.2, 0) is 11.2 Å². The molecule has 0 unspecified atom stereocenters. The number of hydrogen-bond acceptors (Lipinski definition) is 5. The molecule has 122 valence electrons. The molecular weight excluding hydrogens is 311 g/mol. The number of carbonyl (C=O) groups excluding carboxylic acids is 1. The van der Waals surface area contributed by atoms with Gasteiger partial charge in [0.05, 0.1) is 5.69 Å². The first-order valence-corrected chi connectivity index (χ1v) is 7.41. The third kappa shape index (κ3) is 3.81. The number of anilines is 1. The monoisotopic (exact) mass is 326 g/mol. The highest BCUT2D eigenvalue weighted by molar-refractivity contribution is 5.90. The molecule has 0 aliphatic heterocycles. The number of amides is 1. The molecule has 2 aromatic heterocycles. The molecule has 0 fully saturated rings. The maximum absolute atomic E-state index is 13.7. The number of halogens is 1. The summed E-state index contributed by atoms with van der Waals surface area (Å²) in [5.74, 6) is -0.0182. The van der Waals surface area contributed by atoms with Crippen LogP contribution >= 0.6 is 0 Å². The second kappa shape index (κ2) is 6.99. The van der Waals surface area contributed by atoms with Crippen LogP contribution in [0, 0.1) is 12.7 Å². The molecule has 0 aliphatic carbocycles. The second-order valence-corrected chi connectivity index (χ2v) is 5.28. The molecule has 3 aromatic rings. The van der Waals surface area contributed by atoms with Gasteiger partial charge in [-0.05, 0) is 36.8 Å². The zero-order valence-electron chi connectivity index (χ0n) is 13.0. The van der Waals surface area contributed by atoms with E-state index >= 15 is 0 Å². The molecule has 1 aromatic carbocycles. The largest absolute Gasteiger partial charge is 0.339 e. The third-order valence-electron chi connectivity index (χ3n) is 3.35. The molecule has 0 radical (unpaired) electrons. The minimum atomic E-state index is -0.458. The smallest absolute Gasteiger partial charge is 0.227 e. The maximum Gasteiger partial charge on any atom is 0.227 e. The summed E-state index contributed by atoms with van der Waals surface area (Å²) < 4.78 is 18.8. The van der Waals surface area contributed by atoms with Crippen LogP contribution in [0.3, 0.4) is 0 Å². The van der Waals surface area contributed by atoms with Gasteiger partial charge in [-0.15, -0.1) is 0 Å². The van der Waals surface area contributed by atoms with Gasteiger partial charge in [-0.2, -0.15) is 4.98 Å². The fourth-order valence-corrected chi connectivity index (χ4v) is 2.12. The van der Waals surface area contributed by atoms with E-state index in [4.69, 9.17) is 4.52 Å². The number of nitrogens with zero attached hydrogens (tertiary/aromatic N) is 3. The molecule has 1 N–H and O–H groups in total. The number of nitrogens with one attached hydrogen (secondary N) is 1. The molecule has 0 saturated heterocycles. The van der Waals surface area contributed by atoms with E-state index in [1.807, 2.05) is 6.07 Å². The van der Waals surface area contributed by atoms with Gasteiger partial charge in [0, 0.05) is 30.8 Å². The van der Waals surface area contributed by atoms with Crippen molar-refractivity contribution >= 4 is 11.6 Å². The van der Waals surface area contributed by atoms with Gasteiger partial charge in [0.2, 0.25) is 17.6 Å². The van der Waals surface area contributed by atoms with E-state index < -0.39 is 5.82 Å². The molecule has 6 nitrogen and oxygen atoms in total. The highest BCUT2D eigenvalue weighted by Gasteiger charge is 2.12. The van der Waals surface area contributed by atoms with Crippen LogP contribution in [0.2, 0.25) is 0 Å². The molecule has 0 bridgehead atoms. The summed E-state index contributed by atoms with van der Waals surface area (Å²) in [7, 11) is 0. The molecule has 7 heteroatoms. The average Bonchev–Trinajstić information content (AvgIpc) is 3.05. The van der Waals surface area contributed by atoms with E-state index in [0.717, 1.165) is 11.1 Å². The first kappa shape index (κ1) is 15.8. The van der Waals surface area contributed by atoms with Gasteiger partial charge < -0.3 is 9.84 Å². The molecule has 24 heavy (non-hydrogen) atoms. The molecule has 0 aliphatic rings. The lowest BCUT2D eigenvalue weighted by Crippen LogP contribution is -2.13. The number of aromatic nitrogens is 3. The Morgan fingerprint density at radius 1 is 1.33 bits per heavy atom. The van der Waals surface area contributed by atoms with Crippen molar-refractivity contribution in [2.24, 2.45) is 0 Å². The number of hydrogen-bond donors (Lipinski definition) is 1. The lowest BCUT2D eigenvalue weighted by molar-refractivity contribution is -0.116. The summed E-state index contributed by atoms with van der Waals surface area (Å²) in [5, 5.41) is 6.39. The normalized spacial score (nSPS) is 10.6. The summed E-state index contributed by atoms with van der Waals surface area (Å²) in [4.78, 5) is 20.1. The van der Waals surface area contributed by atoms with E-state index in [9.17, 15) is 9.18 Å². The van der Waals surface area contributed by atoms with Crippen LogP contribution in [0.5, 0.6) is 0 Å². The second-order valence-electron chi connectivity index (χ2n) is 5.28. The minimum absolute atomic E-state index is 0.113. The van der Waals surface area contributed by atoms with Crippen LogP contribution in [0.1, 0.15) is 17.9 Å². The zero-order valence-corrected chi connectivity index (χ0v) is 13.0. The SMILES string of the molecule is Cc1ccc(NC(=O)CCc2nc(-c3cccnc3)no2)c(F)c1. The Kier molecular flexibility index (Phi) is 4.60. The van der Waals surface area contributed by atoms with E-state index in [0.29, 0.717) is 11.7 Å². The molecule has 3 rings (SSSR count). The van der Waals surface area contributed by atoms with Crippen molar-refractivity contribution in [1.29, 1.82) is 0 Å². The molecule has 0 spiro atoms. The number of benzene rings is 1. The predicted octanol–water partition coefficient (Wildman–Crippen LogP) is 3.15. The van der Waals surface area contributed by atoms with Gasteiger partial charge in [-0.3, -0.25) is 9.78 Å². The van der Waals surface area contributed by atoms with Gasteiger partial charge >= 0.3 is 0 Å². The topological polar surface area (TPSA) is 80.9 Å². The molecule has 2 heterocycles. The van der Waals surface area contributed by atoms with Crippen LogP contribution in [0.25, 0.3) is 11.4 Å². The Morgan fingerprint density at radius 2 is 2.21 bits per heavy atom. The van der Waals surface area contributed by atoms with Crippen LogP contribution < -0.4 is 5.32 Å². The molecule has 1 amide bonds. The van der Waals surface area contributed by atoms with Crippen molar-refractivity contribution in [3.63, 3.8) is 0 Å². The number of rotatable bonds is 5. The average molecular weight is 326 g/mol. The standard InChI is InChI=1S/C17H15FN4O2/c1-11-4-5-14(13(18)9-11)20-15(23)6-7-16-21-17(22-24-16)12-3-2-8-19-10-12/h2-5,8-10H,6-7H2,1H3,(H,20,23). The highest BCUT2D eigenvalue weighted by atomic mass is 19.1. The molecule has 0 saturated carbocycles. The summed E-state index contributed by atoms with van der Waals surface area (Å²) >= 11 is 0. The van der Waals surface area contributed by atoms with Crippen molar-refractivity contribution < 1.29 is 13.7 Å². The Morgan fingerprint density at radius 3 is 2.96 bits per heavy atom. The number of aryl methyl sites for hydroxylation is 2. The summed E-state index contributed by atoms with van der Waals surface area (Å²) in [6.07, 6.45) is 3.66. The van der Waals surface area contributed by atoms with Crippen molar-refractivity contribution in [2.45, 2.75) is 19.8 Å². The Bertz CT molecular complexity index is 849. The van der Waals surface area contributed by atoms with E-state index in [1.54, 1.807) is 31.5 Å². The lowest BCUT2D eigenvalue weighted by Gasteiger charge is -2.06. The molecule has 0 atom stereocenters. The van der Waals surface area contributed by atoms with Crippen LogP contribution in [-0.4, -0.2) is 21.0 Å². The Balaban J connectivity index is 1.58. The van der Waals surface area contributed by atoms with Gasteiger partial charge in [-0.25, -0.2) is 4.39 Å². The van der Waals surface area contributed by atoms with Crippen LogP contribution in [0.4, 0.5) is 10.1 Å². The number of pyridine rings is 1. The summed E-state index contributed by atoms with van der Waals surface area (Å²) in [6, 6.07) is 8.23. The van der Waals surface area contributed by atoms with Crippen LogP contribution in [0.15, 0.2) is 47.2 Å².